The minimum atomic E-state index is -1.39. The predicted molar refractivity (Wildman–Crippen MR) is 93.7 cm³/mol. The Morgan fingerprint density at radius 3 is 2.54 bits per heavy atom. The number of ether oxygens (including phenoxy) is 1. The van der Waals surface area contributed by atoms with Crippen molar-refractivity contribution in [2.45, 2.75) is 25.2 Å². The number of aromatic hydroxyl groups is 1. The van der Waals surface area contributed by atoms with Crippen molar-refractivity contribution in [3.05, 3.63) is 65.2 Å². The Labute approximate surface area is 150 Å². The van der Waals surface area contributed by atoms with E-state index in [9.17, 15) is 24.9 Å². The second-order valence-electron chi connectivity index (χ2n) is 5.69. The van der Waals surface area contributed by atoms with Crippen LogP contribution in [0.4, 0.5) is 4.79 Å². The smallest absolute Gasteiger partial charge is 0.407 e. The molecule has 2 aromatic rings. The normalized spacial score (nSPS) is 12.8. The SMILES string of the molecule is O=Cc1cccc(C(O)C(O)CCNC(=O)OCc2ccccc2)c1O. The Bertz CT molecular complexity index is 734. The van der Waals surface area contributed by atoms with Gasteiger partial charge in [-0.3, -0.25) is 4.79 Å². The van der Waals surface area contributed by atoms with E-state index in [-0.39, 0.29) is 36.4 Å². The van der Waals surface area contributed by atoms with Crippen molar-refractivity contribution in [1.82, 2.24) is 5.32 Å². The van der Waals surface area contributed by atoms with E-state index in [4.69, 9.17) is 4.74 Å². The molecule has 0 saturated carbocycles. The molecule has 138 valence electrons. The van der Waals surface area contributed by atoms with Crippen molar-refractivity contribution in [1.29, 1.82) is 0 Å². The van der Waals surface area contributed by atoms with E-state index in [1.807, 2.05) is 30.3 Å². The third kappa shape index (κ3) is 5.30. The summed E-state index contributed by atoms with van der Waals surface area (Å²) >= 11 is 0. The van der Waals surface area contributed by atoms with Gasteiger partial charge in [0.1, 0.15) is 18.5 Å². The Balaban J connectivity index is 1.78. The van der Waals surface area contributed by atoms with Gasteiger partial charge in [0.05, 0.1) is 11.7 Å². The number of rotatable bonds is 8. The van der Waals surface area contributed by atoms with E-state index in [1.165, 1.54) is 18.2 Å². The van der Waals surface area contributed by atoms with Crippen LogP contribution >= 0.6 is 0 Å². The number of benzene rings is 2. The van der Waals surface area contributed by atoms with Crippen LogP contribution in [0.25, 0.3) is 0 Å². The molecule has 4 N–H and O–H groups in total. The maximum absolute atomic E-state index is 11.6. The van der Waals surface area contributed by atoms with Crippen molar-refractivity contribution in [2.75, 3.05) is 6.54 Å². The average Bonchev–Trinajstić information content (AvgIpc) is 2.66. The third-order valence-corrected chi connectivity index (χ3v) is 3.83. The molecule has 2 rings (SSSR count). The molecule has 7 nitrogen and oxygen atoms in total. The van der Waals surface area contributed by atoms with Gasteiger partial charge in [0, 0.05) is 12.1 Å². The molecule has 0 saturated heterocycles. The highest BCUT2D eigenvalue weighted by molar-refractivity contribution is 5.80. The summed E-state index contributed by atoms with van der Waals surface area (Å²) in [6, 6.07) is 13.5. The first-order chi connectivity index (χ1) is 12.5. The lowest BCUT2D eigenvalue weighted by molar-refractivity contribution is 0.0123. The van der Waals surface area contributed by atoms with Gasteiger partial charge in [0.25, 0.3) is 0 Å². The van der Waals surface area contributed by atoms with E-state index in [0.29, 0.717) is 6.29 Å². The van der Waals surface area contributed by atoms with E-state index in [1.54, 1.807) is 0 Å². The molecule has 2 unspecified atom stereocenters. The zero-order valence-electron chi connectivity index (χ0n) is 14.0. The molecular formula is C19H21NO6. The number of hydrogen-bond donors (Lipinski definition) is 4. The van der Waals surface area contributed by atoms with E-state index < -0.39 is 18.3 Å². The Kier molecular flexibility index (Phi) is 7.13. The van der Waals surface area contributed by atoms with Crippen molar-refractivity contribution < 1.29 is 29.6 Å². The number of carbonyl (C=O) groups is 2. The number of hydrogen-bond acceptors (Lipinski definition) is 6. The minimum absolute atomic E-state index is 0.0244. The summed E-state index contributed by atoms with van der Waals surface area (Å²) in [4.78, 5) is 22.4. The second-order valence-corrected chi connectivity index (χ2v) is 5.69. The number of aliphatic hydroxyl groups excluding tert-OH is 2. The van der Waals surface area contributed by atoms with Crippen LogP contribution in [-0.4, -0.2) is 40.3 Å². The molecule has 0 bridgehead atoms. The van der Waals surface area contributed by atoms with Gasteiger partial charge in [-0.15, -0.1) is 0 Å². The highest BCUT2D eigenvalue weighted by Gasteiger charge is 2.22. The summed E-state index contributed by atoms with van der Waals surface area (Å²) in [5.74, 6) is -0.371. The first-order valence-electron chi connectivity index (χ1n) is 8.10. The summed E-state index contributed by atoms with van der Waals surface area (Å²) in [6.45, 7) is 0.199. The van der Waals surface area contributed by atoms with Crippen molar-refractivity contribution in [2.24, 2.45) is 0 Å². The van der Waals surface area contributed by atoms with Crippen LogP contribution in [0.5, 0.6) is 5.75 Å². The molecule has 0 aliphatic rings. The van der Waals surface area contributed by atoms with Crippen molar-refractivity contribution in [3.63, 3.8) is 0 Å². The maximum Gasteiger partial charge on any atom is 0.407 e. The molecule has 0 fully saturated rings. The van der Waals surface area contributed by atoms with Crippen LogP contribution < -0.4 is 5.32 Å². The van der Waals surface area contributed by atoms with Gasteiger partial charge in [0.2, 0.25) is 0 Å². The molecule has 0 aliphatic carbocycles. The largest absolute Gasteiger partial charge is 0.507 e. The number of aldehydes is 1. The average molecular weight is 359 g/mol. The standard InChI is InChI=1S/C19H21NO6/c21-11-14-7-4-8-15(17(14)23)18(24)16(22)9-10-20-19(25)26-12-13-5-2-1-3-6-13/h1-8,11,16,18,22-24H,9-10,12H2,(H,20,25). The van der Waals surface area contributed by atoms with Crippen LogP contribution in [0.2, 0.25) is 0 Å². The van der Waals surface area contributed by atoms with Gasteiger partial charge in [0.15, 0.2) is 6.29 Å². The van der Waals surface area contributed by atoms with Gasteiger partial charge in [-0.2, -0.15) is 0 Å². The third-order valence-electron chi connectivity index (χ3n) is 3.83. The predicted octanol–water partition coefficient (Wildman–Crippen LogP) is 1.92. The lowest BCUT2D eigenvalue weighted by Crippen LogP contribution is -2.29. The zero-order chi connectivity index (χ0) is 18.9. The van der Waals surface area contributed by atoms with Crippen molar-refractivity contribution >= 4 is 12.4 Å². The van der Waals surface area contributed by atoms with Gasteiger partial charge in [-0.05, 0) is 18.1 Å². The molecule has 0 radical (unpaired) electrons. The molecule has 7 heteroatoms. The molecule has 0 aliphatic heterocycles. The van der Waals surface area contributed by atoms with Crippen LogP contribution in [-0.2, 0) is 11.3 Å². The number of amides is 1. The van der Waals surface area contributed by atoms with Crippen molar-refractivity contribution in [3.8, 4) is 5.75 Å². The molecule has 0 heterocycles. The summed E-state index contributed by atoms with van der Waals surface area (Å²) < 4.78 is 5.03. The Morgan fingerprint density at radius 1 is 1.12 bits per heavy atom. The molecule has 1 amide bonds. The molecule has 0 spiro atoms. The number of phenols is 1. The Morgan fingerprint density at radius 2 is 1.85 bits per heavy atom. The fourth-order valence-electron chi connectivity index (χ4n) is 2.38. The summed E-state index contributed by atoms with van der Waals surface area (Å²) in [6.07, 6.45) is -2.77. The van der Waals surface area contributed by atoms with Crippen LogP contribution in [0.3, 0.4) is 0 Å². The number of para-hydroxylation sites is 1. The fourth-order valence-corrected chi connectivity index (χ4v) is 2.38. The van der Waals surface area contributed by atoms with E-state index >= 15 is 0 Å². The lowest BCUT2D eigenvalue weighted by Gasteiger charge is -2.19. The number of alkyl carbamates (subject to hydrolysis) is 1. The summed E-state index contributed by atoms with van der Waals surface area (Å²) in [7, 11) is 0. The highest BCUT2D eigenvalue weighted by atomic mass is 16.5. The fraction of sp³-hybridized carbons (Fsp3) is 0.263. The number of carbonyl (C=O) groups excluding carboxylic acids is 2. The second kappa shape index (κ2) is 9.55. The monoisotopic (exact) mass is 359 g/mol. The van der Waals surface area contributed by atoms with E-state index in [0.717, 1.165) is 5.56 Å². The van der Waals surface area contributed by atoms with Crippen LogP contribution in [0.15, 0.2) is 48.5 Å². The molecule has 0 aromatic heterocycles. The minimum Gasteiger partial charge on any atom is -0.507 e. The quantitative estimate of drug-likeness (QED) is 0.535. The topological polar surface area (TPSA) is 116 Å². The van der Waals surface area contributed by atoms with E-state index in [2.05, 4.69) is 5.32 Å². The van der Waals surface area contributed by atoms with Gasteiger partial charge < -0.3 is 25.4 Å². The van der Waals surface area contributed by atoms with Gasteiger partial charge in [-0.25, -0.2) is 4.79 Å². The first kappa shape index (κ1) is 19.4. The molecule has 2 aromatic carbocycles. The zero-order valence-corrected chi connectivity index (χ0v) is 14.0. The number of aliphatic hydroxyl groups is 2. The molecule has 26 heavy (non-hydrogen) atoms. The maximum atomic E-state index is 11.6. The van der Waals surface area contributed by atoms with Gasteiger partial charge >= 0.3 is 6.09 Å². The first-order valence-corrected chi connectivity index (χ1v) is 8.10. The van der Waals surface area contributed by atoms with Gasteiger partial charge in [-0.1, -0.05) is 42.5 Å². The lowest BCUT2D eigenvalue weighted by atomic mass is 9.99. The van der Waals surface area contributed by atoms with Crippen LogP contribution in [0.1, 0.15) is 34.0 Å². The highest BCUT2D eigenvalue weighted by Crippen LogP contribution is 2.29. The molecule has 2 atom stereocenters. The Hall–Kier alpha value is -2.90. The summed E-state index contributed by atoms with van der Waals surface area (Å²) in [5.41, 5.74) is 0.925. The summed E-state index contributed by atoms with van der Waals surface area (Å²) in [5, 5.41) is 32.6. The number of phenolic OH excluding ortho intramolecular Hbond substituents is 1. The molecular weight excluding hydrogens is 338 g/mol. The number of nitrogens with one attached hydrogen (secondary N) is 1. The van der Waals surface area contributed by atoms with Crippen LogP contribution in [0, 0.1) is 0 Å².